The van der Waals surface area contributed by atoms with Crippen LogP contribution in [0.4, 0.5) is 0 Å². The van der Waals surface area contributed by atoms with E-state index in [2.05, 4.69) is 12.2 Å². The molecule has 0 atom stereocenters. The highest BCUT2D eigenvalue weighted by atomic mass is 16.7. The zero-order valence-corrected chi connectivity index (χ0v) is 6.17. The molecular formula is C8H12O2. The number of methoxy groups -OCH3 is 1. The van der Waals surface area contributed by atoms with Gasteiger partial charge in [-0.25, -0.2) is 0 Å². The van der Waals surface area contributed by atoms with Crippen molar-refractivity contribution in [3.05, 3.63) is 24.0 Å². The van der Waals surface area contributed by atoms with Gasteiger partial charge in [0.25, 0.3) is 0 Å². The molecule has 10 heavy (non-hydrogen) atoms. The van der Waals surface area contributed by atoms with E-state index in [-0.39, 0.29) is 0 Å². The number of rotatable bonds is 3. The molecular weight excluding hydrogens is 128 g/mol. The van der Waals surface area contributed by atoms with Gasteiger partial charge >= 0.3 is 0 Å². The summed E-state index contributed by atoms with van der Waals surface area (Å²) in [6, 6.07) is 0. The molecule has 0 N–H and O–H groups in total. The molecule has 0 aromatic rings. The van der Waals surface area contributed by atoms with Crippen molar-refractivity contribution in [1.82, 2.24) is 0 Å². The number of allylic oxidation sites excluding steroid dienone is 3. The Bertz CT molecular complexity index is 147. The molecule has 0 bridgehead atoms. The lowest BCUT2D eigenvalue weighted by atomic mass is 10.2. The van der Waals surface area contributed by atoms with Crippen LogP contribution in [0.15, 0.2) is 24.0 Å². The molecule has 0 aliphatic heterocycles. The fourth-order valence-electron chi connectivity index (χ4n) is 0.823. The van der Waals surface area contributed by atoms with Gasteiger partial charge in [0, 0.05) is 7.11 Å². The van der Waals surface area contributed by atoms with E-state index in [0.717, 1.165) is 18.6 Å². The van der Waals surface area contributed by atoms with Gasteiger partial charge in [0.2, 0.25) is 0 Å². The molecule has 0 spiro atoms. The van der Waals surface area contributed by atoms with Gasteiger partial charge in [-0.2, -0.15) is 0 Å². The monoisotopic (exact) mass is 140 g/mol. The van der Waals surface area contributed by atoms with Crippen molar-refractivity contribution in [2.45, 2.75) is 12.8 Å². The molecule has 56 valence electrons. The quantitative estimate of drug-likeness (QED) is 0.557. The van der Waals surface area contributed by atoms with Crippen LogP contribution in [-0.4, -0.2) is 13.9 Å². The molecule has 0 heterocycles. The molecule has 0 aromatic heterocycles. The Morgan fingerprint density at radius 1 is 1.50 bits per heavy atom. The molecule has 2 heteroatoms. The maximum absolute atomic E-state index is 5.18. The summed E-state index contributed by atoms with van der Waals surface area (Å²) in [6.45, 7) is 0.343. The van der Waals surface area contributed by atoms with E-state index in [9.17, 15) is 0 Å². The zero-order chi connectivity index (χ0) is 7.23. The second kappa shape index (κ2) is 4.12. The van der Waals surface area contributed by atoms with Crippen LogP contribution in [0.3, 0.4) is 0 Å². The molecule has 0 fully saturated rings. The third kappa shape index (κ3) is 2.23. The van der Waals surface area contributed by atoms with Gasteiger partial charge in [0.05, 0.1) is 0 Å². The molecule has 2 nitrogen and oxygen atoms in total. The van der Waals surface area contributed by atoms with Crippen molar-refractivity contribution in [3.63, 3.8) is 0 Å². The third-order valence-electron chi connectivity index (χ3n) is 1.30. The zero-order valence-electron chi connectivity index (χ0n) is 6.17. The topological polar surface area (TPSA) is 18.5 Å². The van der Waals surface area contributed by atoms with Gasteiger partial charge in [-0.1, -0.05) is 6.08 Å². The van der Waals surface area contributed by atoms with Crippen LogP contribution in [-0.2, 0) is 9.47 Å². The largest absolute Gasteiger partial charge is 0.468 e. The van der Waals surface area contributed by atoms with Gasteiger partial charge in [-0.05, 0) is 25.0 Å². The minimum Gasteiger partial charge on any atom is -0.468 e. The highest BCUT2D eigenvalue weighted by Gasteiger charge is 1.95. The highest BCUT2D eigenvalue weighted by molar-refractivity contribution is 5.15. The Hall–Kier alpha value is -0.760. The summed E-state index contributed by atoms with van der Waals surface area (Å²) in [5.41, 5.74) is 0. The molecule has 0 aromatic carbocycles. The molecule has 0 amide bonds. The molecule has 1 aliphatic rings. The Kier molecular flexibility index (Phi) is 3.03. The molecule has 0 saturated carbocycles. The van der Waals surface area contributed by atoms with Crippen molar-refractivity contribution in [2.24, 2.45) is 0 Å². The number of hydrogen-bond donors (Lipinski definition) is 0. The number of ether oxygens (including phenoxy) is 2. The van der Waals surface area contributed by atoms with Gasteiger partial charge in [-0.15, -0.1) is 0 Å². The second-order valence-corrected chi connectivity index (χ2v) is 2.14. The number of hydrogen-bond acceptors (Lipinski definition) is 2. The summed E-state index contributed by atoms with van der Waals surface area (Å²) in [5, 5.41) is 0. The van der Waals surface area contributed by atoms with Gasteiger partial charge in [0.15, 0.2) is 6.79 Å². The van der Waals surface area contributed by atoms with Crippen LogP contribution >= 0.6 is 0 Å². The van der Waals surface area contributed by atoms with Crippen LogP contribution in [0.5, 0.6) is 0 Å². The van der Waals surface area contributed by atoms with E-state index in [1.807, 2.05) is 6.08 Å². The minimum atomic E-state index is 0.343. The average molecular weight is 140 g/mol. The van der Waals surface area contributed by atoms with E-state index >= 15 is 0 Å². The summed E-state index contributed by atoms with van der Waals surface area (Å²) in [5.74, 6) is 0.924. The Morgan fingerprint density at radius 3 is 3.00 bits per heavy atom. The average Bonchev–Trinajstić information content (AvgIpc) is 2.03. The molecule has 0 unspecified atom stereocenters. The molecule has 0 radical (unpaired) electrons. The summed E-state index contributed by atoms with van der Waals surface area (Å²) in [6.07, 6.45) is 8.35. The third-order valence-corrected chi connectivity index (χ3v) is 1.30. The second-order valence-electron chi connectivity index (χ2n) is 2.14. The smallest absolute Gasteiger partial charge is 0.188 e. The van der Waals surface area contributed by atoms with Crippen LogP contribution in [0, 0.1) is 0 Å². The predicted molar refractivity (Wildman–Crippen MR) is 39.4 cm³/mol. The summed E-state index contributed by atoms with van der Waals surface area (Å²) >= 11 is 0. The molecule has 0 saturated heterocycles. The minimum absolute atomic E-state index is 0.343. The van der Waals surface area contributed by atoms with E-state index in [0.29, 0.717) is 6.79 Å². The summed E-state index contributed by atoms with van der Waals surface area (Å²) in [4.78, 5) is 0. The standard InChI is InChI=1S/C8H12O2/c1-9-7-10-8-5-3-2-4-6-8/h3,5-6H,2,4,7H2,1H3. The SMILES string of the molecule is COCOC1=CCCC=C1. The lowest BCUT2D eigenvalue weighted by Crippen LogP contribution is -1.96. The van der Waals surface area contributed by atoms with Crippen LogP contribution < -0.4 is 0 Å². The Balaban J connectivity index is 2.26. The molecule has 1 aliphatic carbocycles. The first-order valence-corrected chi connectivity index (χ1v) is 3.42. The van der Waals surface area contributed by atoms with Crippen molar-refractivity contribution in [1.29, 1.82) is 0 Å². The highest BCUT2D eigenvalue weighted by Crippen LogP contribution is 2.09. The lowest BCUT2D eigenvalue weighted by Gasteiger charge is -2.07. The first-order valence-electron chi connectivity index (χ1n) is 3.42. The molecule has 1 rings (SSSR count). The van der Waals surface area contributed by atoms with Gasteiger partial charge in [0.1, 0.15) is 5.76 Å². The van der Waals surface area contributed by atoms with Gasteiger partial charge < -0.3 is 9.47 Å². The maximum atomic E-state index is 5.18. The Morgan fingerprint density at radius 2 is 2.40 bits per heavy atom. The van der Waals surface area contributed by atoms with Gasteiger partial charge in [-0.3, -0.25) is 0 Å². The predicted octanol–water partition coefficient (Wildman–Crippen LogP) is 1.84. The van der Waals surface area contributed by atoms with Crippen LogP contribution in [0.2, 0.25) is 0 Å². The Labute approximate surface area is 61.1 Å². The van der Waals surface area contributed by atoms with Crippen molar-refractivity contribution in [2.75, 3.05) is 13.9 Å². The normalized spacial score (nSPS) is 16.7. The summed E-state index contributed by atoms with van der Waals surface area (Å²) in [7, 11) is 1.62. The summed E-state index contributed by atoms with van der Waals surface area (Å²) < 4.78 is 9.93. The first kappa shape index (κ1) is 7.35. The van der Waals surface area contributed by atoms with Crippen LogP contribution in [0.25, 0.3) is 0 Å². The van der Waals surface area contributed by atoms with E-state index in [4.69, 9.17) is 9.47 Å². The fourth-order valence-corrected chi connectivity index (χ4v) is 0.823. The maximum Gasteiger partial charge on any atom is 0.188 e. The van der Waals surface area contributed by atoms with Crippen LogP contribution in [0.1, 0.15) is 12.8 Å². The van der Waals surface area contributed by atoms with Crippen molar-refractivity contribution < 1.29 is 9.47 Å². The van der Waals surface area contributed by atoms with E-state index in [1.165, 1.54) is 0 Å². The fraction of sp³-hybridized carbons (Fsp3) is 0.500. The van der Waals surface area contributed by atoms with E-state index in [1.54, 1.807) is 7.11 Å². The van der Waals surface area contributed by atoms with Crippen molar-refractivity contribution >= 4 is 0 Å². The lowest BCUT2D eigenvalue weighted by molar-refractivity contribution is 0.00949. The first-order chi connectivity index (χ1) is 4.93. The van der Waals surface area contributed by atoms with E-state index < -0.39 is 0 Å². The van der Waals surface area contributed by atoms with Crippen molar-refractivity contribution in [3.8, 4) is 0 Å².